The van der Waals surface area contributed by atoms with Gasteiger partial charge in [0.1, 0.15) is 11.9 Å². The van der Waals surface area contributed by atoms with E-state index in [2.05, 4.69) is 5.32 Å². The normalized spacial score (nSPS) is 17.7. The lowest BCUT2D eigenvalue weighted by molar-refractivity contribution is -0.137. The number of aryl methyl sites for hydroxylation is 1. The first kappa shape index (κ1) is 17.9. The number of imide groups is 1. The Labute approximate surface area is 146 Å². The van der Waals surface area contributed by atoms with Gasteiger partial charge in [-0.3, -0.25) is 9.59 Å². The molecule has 2 aromatic rings. The maximum absolute atomic E-state index is 13.6. The zero-order valence-electron chi connectivity index (χ0n) is 13.6. The molecular formula is C18H14F4N2O2. The number of carbonyl (C=O) groups excluding carboxylic acids is 2. The van der Waals surface area contributed by atoms with Crippen molar-refractivity contribution in [2.24, 2.45) is 0 Å². The SMILES string of the molecule is Cc1ccc(N[C@@H]2CC(=O)N(c3cccc(C(F)(F)F)c3)C2=O)cc1F. The van der Waals surface area contributed by atoms with Gasteiger partial charge >= 0.3 is 6.18 Å². The van der Waals surface area contributed by atoms with Crippen molar-refractivity contribution < 1.29 is 27.2 Å². The van der Waals surface area contributed by atoms with Gasteiger partial charge in [-0.15, -0.1) is 0 Å². The first-order valence-electron chi connectivity index (χ1n) is 7.73. The van der Waals surface area contributed by atoms with Crippen LogP contribution in [0.5, 0.6) is 0 Å². The van der Waals surface area contributed by atoms with Crippen LogP contribution in [-0.4, -0.2) is 17.9 Å². The fraction of sp³-hybridized carbons (Fsp3) is 0.222. The smallest absolute Gasteiger partial charge is 0.373 e. The second kappa shape index (κ2) is 6.44. The van der Waals surface area contributed by atoms with E-state index >= 15 is 0 Å². The van der Waals surface area contributed by atoms with Crippen LogP contribution in [0.15, 0.2) is 42.5 Å². The molecule has 1 N–H and O–H groups in total. The molecule has 4 nitrogen and oxygen atoms in total. The molecule has 0 saturated carbocycles. The molecule has 26 heavy (non-hydrogen) atoms. The van der Waals surface area contributed by atoms with Gasteiger partial charge in [0, 0.05) is 5.69 Å². The minimum atomic E-state index is -4.58. The van der Waals surface area contributed by atoms with Crippen molar-refractivity contribution in [3.8, 4) is 0 Å². The van der Waals surface area contributed by atoms with Crippen molar-refractivity contribution >= 4 is 23.2 Å². The maximum atomic E-state index is 13.6. The van der Waals surface area contributed by atoms with Gasteiger partial charge in [-0.25, -0.2) is 9.29 Å². The van der Waals surface area contributed by atoms with Crippen LogP contribution in [0.4, 0.5) is 28.9 Å². The second-order valence-corrected chi connectivity index (χ2v) is 5.98. The van der Waals surface area contributed by atoms with E-state index in [9.17, 15) is 27.2 Å². The molecule has 0 aromatic heterocycles. The van der Waals surface area contributed by atoms with E-state index in [1.807, 2.05) is 0 Å². The van der Waals surface area contributed by atoms with Gasteiger partial charge in [-0.2, -0.15) is 13.2 Å². The van der Waals surface area contributed by atoms with Crippen LogP contribution in [0.2, 0.25) is 0 Å². The summed E-state index contributed by atoms with van der Waals surface area (Å²) in [5, 5.41) is 2.76. The van der Waals surface area contributed by atoms with Crippen molar-refractivity contribution in [1.82, 2.24) is 0 Å². The molecule has 1 atom stereocenters. The molecule has 0 bridgehead atoms. The largest absolute Gasteiger partial charge is 0.416 e. The molecule has 1 heterocycles. The highest BCUT2D eigenvalue weighted by Crippen LogP contribution is 2.33. The molecule has 3 rings (SSSR count). The van der Waals surface area contributed by atoms with Crippen LogP contribution in [0.25, 0.3) is 0 Å². The average molecular weight is 366 g/mol. The average Bonchev–Trinajstić information content (AvgIpc) is 2.84. The molecule has 0 unspecified atom stereocenters. The van der Waals surface area contributed by atoms with Crippen molar-refractivity contribution in [3.63, 3.8) is 0 Å². The monoisotopic (exact) mass is 366 g/mol. The number of halogens is 4. The number of hydrogen-bond acceptors (Lipinski definition) is 3. The molecule has 1 fully saturated rings. The minimum absolute atomic E-state index is 0.144. The van der Waals surface area contributed by atoms with Gasteiger partial charge in [-0.05, 0) is 42.8 Å². The Morgan fingerprint density at radius 1 is 1.12 bits per heavy atom. The summed E-state index contributed by atoms with van der Waals surface area (Å²) in [4.78, 5) is 25.4. The van der Waals surface area contributed by atoms with Crippen LogP contribution in [-0.2, 0) is 15.8 Å². The van der Waals surface area contributed by atoms with E-state index in [1.165, 1.54) is 18.2 Å². The number of alkyl halides is 3. The molecule has 136 valence electrons. The van der Waals surface area contributed by atoms with Gasteiger partial charge < -0.3 is 5.32 Å². The second-order valence-electron chi connectivity index (χ2n) is 5.98. The Morgan fingerprint density at radius 2 is 1.85 bits per heavy atom. The van der Waals surface area contributed by atoms with Gasteiger partial charge in [0.25, 0.3) is 5.91 Å². The summed E-state index contributed by atoms with van der Waals surface area (Å²) in [7, 11) is 0. The molecule has 1 aliphatic heterocycles. The summed E-state index contributed by atoms with van der Waals surface area (Å²) in [6.07, 6.45) is -4.82. The lowest BCUT2D eigenvalue weighted by Crippen LogP contribution is -2.35. The van der Waals surface area contributed by atoms with E-state index in [0.29, 0.717) is 11.3 Å². The molecule has 8 heteroatoms. The number of amides is 2. The first-order valence-corrected chi connectivity index (χ1v) is 7.73. The lowest BCUT2D eigenvalue weighted by atomic mass is 10.1. The number of carbonyl (C=O) groups is 2. The van der Waals surface area contributed by atoms with Gasteiger partial charge in [0.2, 0.25) is 5.91 Å². The highest BCUT2D eigenvalue weighted by atomic mass is 19.4. The Kier molecular flexibility index (Phi) is 4.43. The number of nitrogens with one attached hydrogen (secondary N) is 1. The Bertz CT molecular complexity index is 880. The van der Waals surface area contributed by atoms with E-state index < -0.39 is 35.4 Å². The summed E-state index contributed by atoms with van der Waals surface area (Å²) >= 11 is 0. The Hall–Kier alpha value is -2.90. The van der Waals surface area contributed by atoms with Gasteiger partial charge in [0.05, 0.1) is 17.7 Å². The van der Waals surface area contributed by atoms with Crippen molar-refractivity contribution in [1.29, 1.82) is 0 Å². The summed E-state index contributed by atoms with van der Waals surface area (Å²) in [5.41, 5.74) is -0.359. The van der Waals surface area contributed by atoms with Crippen LogP contribution in [0.1, 0.15) is 17.5 Å². The zero-order valence-corrected chi connectivity index (χ0v) is 13.6. The Morgan fingerprint density at radius 3 is 2.50 bits per heavy atom. The highest BCUT2D eigenvalue weighted by molar-refractivity contribution is 6.23. The van der Waals surface area contributed by atoms with Crippen LogP contribution >= 0.6 is 0 Å². The third kappa shape index (κ3) is 3.40. The summed E-state index contributed by atoms with van der Waals surface area (Å²) in [6.45, 7) is 1.58. The van der Waals surface area contributed by atoms with Crippen molar-refractivity contribution in [3.05, 3.63) is 59.4 Å². The number of anilines is 2. The molecule has 0 radical (unpaired) electrons. The molecule has 0 aliphatic carbocycles. The van der Waals surface area contributed by atoms with Gasteiger partial charge in [-0.1, -0.05) is 12.1 Å². The van der Waals surface area contributed by atoms with Crippen molar-refractivity contribution in [2.45, 2.75) is 25.6 Å². The zero-order chi connectivity index (χ0) is 19.1. The molecular weight excluding hydrogens is 352 g/mol. The molecule has 1 saturated heterocycles. The minimum Gasteiger partial charge on any atom is -0.373 e. The van der Waals surface area contributed by atoms with E-state index in [4.69, 9.17) is 0 Å². The molecule has 2 amide bonds. The lowest BCUT2D eigenvalue weighted by Gasteiger charge is -2.17. The van der Waals surface area contributed by atoms with E-state index in [-0.39, 0.29) is 12.1 Å². The summed E-state index contributed by atoms with van der Waals surface area (Å²) in [5.74, 6) is -1.78. The predicted molar refractivity (Wildman–Crippen MR) is 87.1 cm³/mol. The summed E-state index contributed by atoms with van der Waals surface area (Å²) < 4.78 is 52.2. The Balaban J connectivity index is 1.84. The predicted octanol–water partition coefficient (Wildman–Crippen LogP) is 3.90. The van der Waals surface area contributed by atoms with Crippen LogP contribution in [0, 0.1) is 12.7 Å². The van der Waals surface area contributed by atoms with Crippen LogP contribution < -0.4 is 10.2 Å². The van der Waals surface area contributed by atoms with Crippen LogP contribution in [0.3, 0.4) is 0 Å². The number of rotatable bonds is 3. The fourth-order valence-electron chi connectivity index (χ4n) is 2.72. The highest BCUT2D eigenvalue weighted by Gasteiger charge is 2.40. The summed E-state index contributed by atoms with van der Waals surface area (Å²) in [6, 6.07) is 7.31. The molecule has 2 aromatic carbocycles. The van der Waals surface area contributed by atoms with Crippen molar-refractivity contribution in [2.75, 3.05) is 10.2 Å². The number of benzene rings is 2. The quantitative estimate of drug-likeness (QED) is 0.662. The van der Waals surface area contributed by atoms with E-state index in [0.717, 1.165) is 23.1 Å². The fourth-order valence-corrected chi connectivity index (χ4v) is 2.72. The third-order valence-electron chi connectivity index (χ3n) is 4.09. The first-order chi connectivity index (χ1) is 12.2. The number of hydrogen-bond donors (Lipinski definition) is 1. The number of nitrogens with zero attached hydrogens (tertiary/aromatic N) is 1. The van der Waals surface area contributed by atoms with Gasteiger partial charge in [0.15, 0.2) is 0 Å². The molecule has 1 aliphatic rings. The van der Waals surface area contributed by atoms with E-state index in [1.54, 1.807) is 13.0 Å². The molecule has 0 spiro atoms. The maximum Gasteiger partial charge on any atom is 0.416 e. The third-order valence-corrected chi connectivity index (χ3v) is 4.09. The topological polar surface area (TPSA) is 49.4 Å². The standard InChI is InChI=1S/C18H14F4N2O2/c1-10-5-6-12(8-14(10)19)23-15-9-16(25)24(17(15)26)13-4-2-3-11(7-13)18(20,21)22/h2-8,15,23H,9H2,1H3/t15-/m1/s1.